The predicted octanol–water partition coefficient (Wildman–Crippen LogP) is 3.38. The highest BCUT2D eigenvalue weighted by molar-refractivity contribution is 6.10. The van der Waals surface area contributed by atoms with E-state index in [1.54, 1.807) is 18.0 Å². The third-order valence-corrected chi connectivity index (χ3v) is 3.86. The number of nitrogens with one attached hydrogen (secondary N) is 1. The molecule has 0 saturated carbocycles. The zero-order chi connectivity index (χ0) is 15.0. The first-order valence-electron chi connectivity index (χ1n) is 6.99. The highest BCUT2D eigenvalue weighted by Gasteiger charge is 2.27. The van der Waals surface area contributed by atoms with Crippen LogP contribution in [-0.4, -0.2) is 19.5 Å². The lowest BCUT2D eigenvalue weighted by molar-refractivity contribution is 0.0990. The van der Waals surface area contributed by atoms with Crippen molar-refractivity contribution in [3.63, 3.8) is 0 Å². The normalized spacial score (nSPS) is 13.2. The second-order valence-corrected chi connectivity index (χ2v) is 5.28. The van der Waals surface area contributed by atoms with E-state index in [0.717, 1.165) is 23.2 Å². The van der Waals surface area contributed by atoms with Crippen LogP contribution in [0.5, 0.6) is 0 Å². The summed E-state index contributed by atoms with van der Waals surface area (Å²) in [6.07, 6.45) is 0.766. The van der Waals surface area contributed by atoms with Crippen molar-refractivity contribution in [2.24, 2.45) is 0 Å². The van der Waals surface area contributed by atoms with E-state index < -0.39 is 0 Å². The van der Waals surface area contributed by atoms with Gasteiger partial charge in [-0.2, -0.15) is 0 Å². The Morgan fingerprint density at radius 2 is 2.05 bits per heavy atom. The van der Waals surface area contributed by atoms with Crippen molar-refractivity contribution in [3.8, 4) is 0 Å². The molecule has 0 unspecified atom stereocenters. The third-order valence-electron chi connectivity index (χ3n) is 3.86. The number of anilines is 2. The Hall–Kier alpha value is -2.36. The Balaban J connectivity index is 2.00. The van der Waals surface area contributed by atoms with Crippen LogP contribution in [0.15, 0.2) is 36.4 Å². The Bertz CT molecular complexity index is 712. The lowest BCUT2D eigenvalue weighted by Crippen LogP contribution is -2.29. The van der Waals surface area contributed by atoms with E-state index in [9.17, 15) is 9.18 Å². The van der Waals surface area contributed by atoms with Gasteiger partial charge in [0, 0.05) is 19.3 Å². The van der Waals surface area contributed by atoms with Crippen LogP contribution in [0.1, 0.15) is 21.5 Å². The Morgan fingerprint density at radius 1 is 1.24 bits per heavy atom. The highest BCUT2D eigenvalue weighted by atomic mass is 19.1. The average Bonchev–Trinajstić information content (AvgIpc) is 2.89. The van der Waals surface area contributed by atoms with Gasteiger partial charge in [0.25, 0.3) is 5.91 Å². The quantitative estimate of drug-likeness (QED) is 0.917. The lowest BCUT2D eigenvalue weighted by Gasteiger charge is -2.19. The number of halogens is 1. The fourth-order valence-electron chi connectivity index (χ4n) is 2.76. The van der Waals surface area contributed by atoms with Gasteiger partial charge in [-0.25, -0.2) is 4.39 Å². The van der Waals surface area contributed by atoms with Crippen LogP contribution in [0.2, 0.25) is 0 Å². The molecule has 0 saturated heterocycles. The fourth-order valence-corrected chi connectivity index (χ4v) is 2.76. The van der Waals surface area contributed by atoms with Gasteiger partial charge in [-0.3, -0.25) is 4.79 Å². The molecule has 0 aromatic heterocycles. The van der Waals surface area contributed by atoms with E-state index in [1.165, 1.54) is 12.1 Å². The molecule has 4 heteroatoms. The minimum absolute atomic E-state index is 0.0938. The van der Waals surface area contributed by atoms with Crippen molar-refractivity contribution in [2.75, 3.05) is 23.8 Å². The number of hydrogen-bond donors (Lipinski definition) is 1. The molecule has 0 bridgehead atoms. The number of benzene rings is 2. The molecule has 3 nitrogen and oxygen atoms in total. The zero-order valence-corrected chi connectivity index (χ0v) is 12.1. The molecule has 1 aliphatic heterocycles. The number of fused-ring (bicyclic) bond motifs is 1. The molecular weight excluding hydrogens is 267 g/mol. The van der Waals surface area contributed by atoms with Crippen LogP contribution in [-0.2, 0) is 6.42 Å². The van der Waals surface area contributed by atoms with Crippen LogP contribution in [0.25, 0.3) is 0 Å². The molecule has 1 aliphatic rings. The van der Waals surface area contributed by atoms with Crippen molar-refractivity contribution >= 4 is 17.3 Å². The van der Waals surface area contributed by atoms with Gasteiger partial charge in [-0.15, -0.1) is 0 Å². The SMILES string of the molecule is CNc1cc(C)ccc1C(=O)N1CCc2ccc(F)cc21. The molecule has 3 rings (SSSR count). The molecule has 1 amide bonds. The van der Waals surface area contributed by atoms with Crippen molar-refractivity contribution in [1.29, 1.82) is 0 Å². The maximum absolute atomic E-state index is 13.4. The first-order chi connectivity index (χ1) is 10.1. The summed E-state index contributed by atoms with van der Waals surface area (Å²) in [6, 6.07) is 10.3. The maximum Gasteiger partial charge on any atom is 0.260 e. The Morgan fingerprint density at radius 3 is 2.81 bits per heavy atom. The van der Waals surface area contributed by atoms with Crippen LogP contribution >= 0.6 is 0 Å². The standard InChI is InChI=1S/C17H17FN2O/c1-11-3-6-14(15(9-11)19-2)17(21)20-8-7-12-4-5-13(18)10-16(12)20/h3-6,9-10,19H,7-8H2,1-2H3. The first kappa shape index (κ1) is 13.6. The maximum atomic E-state index is 13.4. The van der Waals surface area contributed by atoms with Gasteiger partial charge in [0.1, 0.15) is 5.82 Å². The van der Waals surface area contributed by atoms with Gasteiger partial charge < -0.3 is 10.2 Å². The fraction of sp³-hybridized carbons (Fsp3) is 0.235. The minimum Gasteiger partial charge on any atom is -0.387 e. The van der Waals surface area contributed by atoms with Gasteiger partial charge in [0.2, 0.25) is 0 Å². The van der Waals surface area contributed by atoms with Gasteiger partial charge in [0.15, 0.2) is 0 Å². The van der Waals surface area contributed by atoms with E-state index in [1.807, 2.05) is 25.1 Å². The lowest BCUT2D eigenvalue weighted by atomic mass is 10.1. The summed E-state index contributed by atoms with van der Waals surface area (Å²) in [5.74, 6) is -0.408. The van der Waals surface area contributed by atoms with Gasteiger partial charge in [-0.05, 0) is 48.7 Å². The van der Waals surface area contributed by atoms with Gasteiger partial charge in [-0.1, -0.05) is 12.1 Å². The molecule has 21 heavy (non-hydrogen) atoms. The van der Waals surface area contributed by atoms with Gasteiger partial charge in [0.05, 0.1) is 11.3 Å². The summed E-state index contributed by atoms with van der Waals surface area (Å²) in [5, 5.41) is 3.05. The minimum atomic E-state index is -0.314. The molecule has 1 N–H and O–H groups in total. The second-order valence-electron chi connectivity index (χ2n) is 5.28. The summed E-state index contributed by atoms with van der Waals surface area (Å²) in [6.45, 7) is 2.57. The summed E-state index contributed by atoms with van der Waals surface area (Å²) in [5.41, 5.74) is 4.19. The highest BCUT2D eigenvalue weighted by Crippen LogP contribution is 2.31. The number of amides is 1. The van der Waals surface area contributed by atoms with Crippen molar-refractivity contribution in [2.45, 2.75) is 13.3 Å². The van der Waals surface area contributed by atoms with Crippen molar-refractivity contribution in [3.05, 3.63) is 58.9 Å². The van der Waals surface area contributed by atoms with Gasteiger partial charge >= 0.3 is 0 Å². The largest absolute Gasteiger partial charge is 0.387 e. The first-order valence-corrected chi connectivity index (χ1v) is 6.99. The third kappa shape index (κ3) is 2.37. The van der Waals surface area contributed by atoms with E-state index in [-0.39, 0.29) is 11.7 Å². The van der Waals surface area contributed by atoms with E-state index in [2.05, 4.69) is 5.32 Å². The van der Waals surface area contributed by atoms with E-state index in [0.29, 0.717) is 17.8 Å². The molecule has 0 aliphatic carbocycles. The molecule has 0 radical (unpaired) electrons. The smallest absolute Gasteiger partial charge is 0.260 e. The summed E-state index contributed by atoms with van der Waals surface area (Å²) in [7, 11) is 1.79. The second kappa shape index (κ2) is 5.20. The molecule has 108 valence electrons. The predicted molar refractivity (Wildman–Crippen MR) is 82.5 cm³/mol. The molecule has 0 spiro atoms. The van der Waals surface area contributed by atoms with Crippen LogP contribution in [0.3, 0.4) is 0 Å². The Kier molecular flexibility index (Phi) is 3.37. The number of nitrogens with zero attached hydrogens (tertiary/aromatic N) is 1. The van der Waals surface area contributed by atoms with Crippen molar-refractivity contribution < 1.29 is 9.18 Å². The summed E-state index contributed by atoms with van der Waals surface area (Å²) in [4.78, 5) is 14.4. The van der Waals surface area contributed by atoms with Crippen LogP contribution in [0.4, 0.5) is 15.8 Å². The summed E-state index contributed by atoms with van der Waals surface area (Å²) < 4.78 is 13.4. The number of rotatable bonds is 2. The molecule has 0 fully saturated rings. The number of aryl methyl sites for hydroxylation is 1. The monoisotopic (exact) mass is 284 g/mol. The van der Waals surface area contributed by atoms with Crippen molar-refractivity contribution in [1.82, 2.24) is 0 Å². The summed E-state index contributed by atoms with van der Waals surface area (Å²) >= 11 is 0. The van der Waals surface area contributed by atoms with E-state index >= 15 is 0 Å². The molecule has 2 aromatic rings. The topological polar surface area (TPSA) is 32.3 Å². The van der Waals surface area contributed by atoms with Crippen LogP contribution < -0.4 is 10.2 Å². The van der Waals surface area contributed by atoms with E-state index in [4.69, 9.17) is 0 Å². The molecule has 0 atom stereocenters. The number of carbonyl (C=O) groups excluding carboxylic acids is 1. The average molecular weight is 284 g/mol. The molecule has 2 aromatic carbocycles. The molecule has 1 heterocycles. The zero-order valence-electron chi connectivity index (χ0n) is 12.1. The molecular formula is C17H17FN2O. The van der Waals surface area contributed by atoms with Crippen LogP contribution in [0, 0.1) is 12.7 Å². The number of hydrogen-bond acceptors (Lipinski definition) is 2. The Labute approximate surface area is 123 Å². The number of carbonyl (C=O) groups is 1.